The van der Waals surface area contributed by atoms with Crippen molar-refractivity contribution in [3.05, 3.63) is 0 Å². The molecule has 0 N–H and O–H groups in total. The van der Waals surface area contributed by atoms with Crippen molar-refractivity contribution in [3.8, 4) is 0 Å². The average Bonchev–Trinajstić information content (AvgIpc) is 2.50. The second-order valence-electron chi connectivity index (χ2n) is 4.88. The molecule has 0 fully saturated rings. The Bertz CT molecular complexity index is 352. The summed E-state index contributed by atoms with van der Waals surface area (Å²) in [5, 5.41) is 0. The fraction of sp³-hybridized carbons (Fsp3) is 0.900. The number of likely N-dealkylation sites (N-methyl/N-ethyl adjacent to an activating group) is 2. The van der Waals surface area contributed by atoms with E-state index in [1.807, 2.05) is 0 Å². The minimum atomic E-state index is -10.7. The van der Waals surface area contributed by atoms with Gasteiger partial charge in [-0.3, -0.25) is 14.4 Å². The molecule has 0 spiro atoms. The van der Waals surface area contributed by atoms with E-state index in [-0.39, 0.29) is 0 Å². The Labute approximate surface area is 115 Å². The van der Waals surface area contributed by atoms with Crippen molar-refractivity contribution in [1.29, 1.82) is 0 Å². The molecular formula is C10H22F6N3P. The molecule has 20 heavy (non-hydrogen) atoms. The molecule has 0 amide bonds. The molecule has 1 aliphatic rings. The Morgan fingerprint density at radius 1 is 1.20 bits per heavy atom. The summed E-state index contributed by atoms with van der Waals surface area (Å²) in [7, 11) is -4.14. The molecule has 124 valence electrons. The zero-order valence-corrected chi connectivity index (χ0v) is 13.0. The number of guanidine groups is 1. The maximum atomic E-state index is 9.87. The number of nitrogens with zero attached hydrogens (tertiary/aromatic N) is 3. The van der Waals surface area contributed by atoms with Crippen molar-refractivity contribution in [2.24, 2.45) is 0 Å². The third-order valence-electron chi connectivity index (χ3n) is 2.64. The van der Waals surface area contributed by atoms with Crippen molar-refractivity contribution >= 4 is 13.8 Å². The number of halogens is 6. The summed E-state index contributed by atoms with van der Waals surface area (Å²) in [4.78, 5) is 4.69. The van der Waals surface area contributed by atoms with Crippen LogP contribution in [-0.2, 0) is 0 Å². The van der Waals surface area contributed by atoms with E-state index < -0.39 is 7.81 Å². The van der Waals surface area contributed by atoms with E-state index in [1.54, 1.807) is 0 Å². The Balaban J connectivity index is 0.000000441. The third-order valence-corrected chi connectivity index (χ3v) is 2.64. The summed E-state index contributed by atoms with van der Waals surface area (Å²) in [6.45, 7) is 5.71. The van der Waals surface area contributed by atoms with Gasteiger partial charge in [0.15, 0.2) is 0 Å². The van der Waals surface area contributed by atoms with Gasteiger partial charge >= 0.3 is 38.9 Å². The van der Waals surface area contributed by atoms with Gasteiger partial charge in [0.25, 0.3) is 0 Å². The molecule has 0 bridgehead atoms. The number of hydrogen-bond donors (Lipinski definition) is 0. The zero-order chi connectivity index (χ0) is 16.3. The monoisotopic (exact) mass is 329 g/mol. The third kappa shape index (κ3) is 11.1. The first-order valence-corrected chi connectivity index (χ1v) is 8.21. The number of hydrogen-bond acceptors (Lipinski definition) is 2. The van der Waals surface area contributed by atoms with E-state index in [2.05, 4.69) is 42.4 Å². The molecule has 10 heteroatoms. The fourth-order valence-corrected chi connectivity index (χ4v) is 1.87. The molecule has 1 aliphatic heterocycles. The summed E-state index contributed by atoms with van der Waals surface area (Å²) in [5.41, 5.74) is 0. The van der Waals surface area contributed by atoms with Crippen LogP contribution in [0.3, 0.4) is 0 Å². The predicted molar refractivity (Wildman–Crippen MR) is 69.8 cm³/mol. The molecule has 0 saturated heterocycles. The number of unbranched alkanes of at least 4 members (excludes halogenated alkanes) is 1. The first-order chi connectivity index (χ1) is 8.61. The van der Waals surface area contributed by atoms with Gasteiger partial charge < -0.3 is 0 Å². The van der Waals surface area contributed by atoms with Gasteiger partial charge in [0, 0.05) is 0 Å². The van der Waals surface area contributed by atoms with Gasteiger partial charge in [-0.1, -0.05) is 13.3 Å². The molecule has 0 aromatic rings. The SMILES string of the molecule is CCCCN(C)C1=[N+](C)CCN1C.F[P-](F)(F)(F)(F)F. The van der Waals surface area contributed by atoms with Gasteiger partial charge in [-0.15, -0.1) is 0 Å². The second kappa shape index (κ2) is 5.58. The van der Waals surface area contributed by atoms with E-state index in [9.17, 15) is 25.2 Å². The van der Waals surface area contributed by atoms with Gasteiger partial charge in [-0.25, -0.2) is 0 Å². The van der Waals surface area contributed by atoms with Crippen LogP contribution in [-0.4, -0.2) is 61.1 Å². The van der Waals surface area contributed by atoms with Crippen LogP contribution in [0.15, 0.2) is 0 Å². The molecule has 0 aromatic carbocycles. The average molecular weight is 329 g/mol. The van der Waals surface area contributed by atoms with Gasteiger partial charge in [-0.2, -0.15) is 0 Å². The maximum absolute atomic E-state index is 10.7. The topological polar surface area (TPSA) is 9.49 Å². The summed E-state index contributed by atoms with van der Waals surface area (Å²) < 4.78 is 61.5. The van der Waals surface area contributed by atoms with Crippen LogP contribution in [0, 0.1) is 0 Å². The molecule has 1 rings (SSSR count). The molecule has 0 atom stereocenters. The van der Waals surface area contributed by atoms with Crippen LogP contribution in [0.25, 0.3) is 0 Å². The first kappa shape index (κ1) is 19.3. The Kier molecular flexibility index (Phi) is 5.38. The van der Waals surface area contributed by atoms with Crippen LogP contribution in [0.4, 0.5) is 25.2 Å². The van der Waals surface area contributed by atoms with Gasteiger partial charge in [0.1, 0.15) is 0 Å². The fourth-order valence-electron chi connectivity index (χ4n) is 1.87. The first-order valence-electron chi connectivity index (χ1n) is 6.18. The van der Waals surface area contributed by atoms with E-state index in [0.717, 1.165) is 13.1 Å². The molecule has 0 saturated carbocycles. The van der Waals surface area contributed by atoms with Crippen molar-refractivity contribution in [3.63, 3.8) is 0 Å². The Morgan fingerprint density at radius 2 is 1.65 bits per heavy atom. The molecule has 0 unspecified atom stereocenters. The summed E-state index contributed by atoms with van der Waals surface area (Å²) in [6.07, 6.45) is 2.55. The van der Waals surface area contributed by atoms with Gasteiger partial charge in [0.2, 0.25) is 0 Å². The summed E-state index contributed by atoms with van der Waals surface area (Å²) in [6, 6.07) is 0. The summed E-state index contributed by atoms with van der Waals surface area (Å²) >= 11 is 0. The Morgan fingerprint density at radius 3 is 1.95 bits per heavy atom. The molecular weight excluding hydrogens is 307 g/mol. The second-order valence-corrected chi connectivity index (χ2v) is 6.79. The minimum absolute atomic E-state index is 1.16. The molecule has 3 nitrogen and oxygen atoms in total. The van der Waals surface area contributed by atoms with Gasteiger partial charge in [0.05, 0.1) is 40.8 Å². The van der Waals surface area contributed by atoms with Gasteiger partial charge in [-0.05, 0) is 6.42 Å². The van der Waals surface area contributed by atoms with Crippen molar-refractivity contribution in [2.75, 3.05) is 40.8 Å². The van der Waals surface area contributed by atoms with Crippen LogP contribution in [0.2, 0.25) is 0 Å². The van der Waals surface area contributed by atoms with E-state index in [1.165, 1.54) is 25.3 Å². The van der Waals surface area contributed by atoms with Crippen molar-refractivity contribution in [1.82, 2.24) is 9.80 Å². The summed E-state index contributed by atoms with van der Waals surface area (Å²) in [5.74, 6) is 1.37. The van der Waals surface area contributed by atoms with Crippen LogP contribution < -0.4 is 0 Å². The standard InChI is InChI=1S/C10H22N3.F6P/c1-5-6-7-11(2)10-12(3)8-9-13(10)4;1-7(2,3,4,5)6/h5-9H2,1-4H3;/q+1;-1. The number of rotatable bonds is 3. The van der Waals surface area contributed by atoms with Crippen molar-refractivity contribution in [2.45, 2.75) is 19.8 Å². The van der Waals surface area contributed by atoms with E-state index >= 15 is 0 Å². The quantitative estimate of drug-likeness (QED) is 0.439. The van der Waals surface area contributed by atoms with E-state index in [4.69, 9.17) is 0 Å². The predicted octanol–water partition coefficient (Wildman–Crippen LogP) is 4.04. The molecule has 0 aliphatic carbocycles. The van der Waals surface area contributed by atoms with Crippen LogP contribution >= 0.6 is 7.81 Å². The van der Waals surface area contributed by atoms with Crippen LogP contribution in [0.1, 0.15) is 19.8 Å². The normalized spacial score (nSPS) is 19.2. The molecule has 0 radical (unpaired) electrons. The zero-order valence-electron chi connectivity index (χ0n) is 12.1. The van der Waals surface area contributed by atoms with E-state index in [0.29, 0.717) is 0 Å². The van der Waals surface area contributed by atoms with Crippen LogP contribution in [0.5, 0.6) is 0 Å². The Hall–Kier alpha value is -0.720. The molecule has 1 heterocycles. The molecule has 0 aromatic heterocycles. The van der Waals surface area contributed by atoms with Crippen molar-refractivity contribution < 1.29 is 29.8 Å².